The van der Waals surface area contributed by atoms with Gasteiger partial charge in [-0.25, -0.2) is 0 Å². The second-order valence-electron chi connectivity index (χ2n) is 5.25. The van der Waals surface area contributed by atoms with E-state index in [4.69, 9.17) is 9.47 Å². The highest BCUT2D eigenvalue weighted by molar-refractivity contribution is 8.18. The standard InChI is InChI=1S/C18H23NO4S/c1-4-7-10-19-17(20)16(24-18(19)21)11-13-8-9-14(22-5-2)12-15(13)23-6-3/h8-9,11-12H,4-7,10H2,1-3H3. The van der Waals surface area contributed by atoms with E-state index in [0.29, 0.717) is 36.2 Å². The molecule has 2 rings (SSSR count). The third kappa shape index (κ3) is 4.32. The zero-order chi connectivity index (χ0) is 17.5. The van der Waals surface area contributed by atoms with Crippen molar-refractivity contribution in [3.63, 3.8) is 0 Å². The number of ether oxygens (including phenoxy) is 2. The number of benzene rings is 1. The summed E-state index contributed by atoms with van der Waals surface area (Å²) in [6.45, 7) is 7.40. The normalized spacial score (nSPS) is 16.1. The van der Waals surface area contributed by atoms with Gasteiger partial charge in [-0.2, -0.15) is 0 Å². The first-order valence-corrected chi connectivity index (χ1v) is 9.07. The SMILES string of the molecule is CCCCN1C(=O)SC(=Cc2ccc(OCC)cc2OCC)C1=O. The van der Waals surface area contributed by atoms with Gasteiger partial charge in [0.2, 0.25) is 0 Å². The summed E-state index contributed by atoms with van der Waals surface area (Å²) in [6, 6.07) is 5.48. The molecule has 1 heterocycles. The smallest absolute Gasteiger partial charge is 0.293 e. The number of nitrogens with zero attached hydrogens (tertiary/aromatic N) is 1. The fourth-order valence-electron chi connectivity index (χ4n) is 2.32. The fraction of sp³-hybridized carbons (Fsp3) is 0.444. The molecule has 5 nitrogen and oxygen atoms in total. The Balaban J connectivity index is 2.26. The molecular weight excluding hydrogens is 326 g/mol. The van der Waals surface area contributed by atoms with E-state index in [1.165, 1.54) is 4.90 Å². The molecule has 1 aliphatic heterocycles. The van der Waals surface area contributed by atoms with E-state index < -0.39 is 0 Å². The molecule has 24 heavy (non-hydrogen) atoms. The Labute approximate surface area is 147 Å². The number of carbonyl (C=O) groups is 2. The maximum Gasteiger partial charge on any atom is 0.293 e. The monoisotopic (exact) mass is 349 g/mol. The zero-order valence-corrected chi connectivity index (χ0v) is 15.1. The van der Waals surface area contributed by atoms with Gasteiger partial charge in [0.25, 0.3) is 11.1 Å². The van der Waals surface area contributed by atoms with Crippen LogP contribution in [0, 0.1) is 0 Å². The van der Waals surface area contributed by atoms with Crippen LogP contribution in [0.15, 0.2) is 23.1 Å². The minimum atomic E-state index is -0.227. The van der Waals surface area contributed by atoms with E-state index in [1.54, 1.807) is 12.1 Å². The Hall–Kier alpha value is -1.95. The van der Waals surface area contributed by atoms with Crippen LogP contribution in [0.5, 0.6) is 11.5 Å². The van der Waals surface area contributed by atoms with Crippen LogP contribution < -0.4 is 9.47 Å². The number of hydrogen-bond acceptors (Lipinski definition) is 5. The van der Waals surface area contributed by atoms with Crippen molar-refractivity contribution in [3.05, 3.63) is 28.7 Å². The minimum Gasteiger partial charge on any atom is -0.494 e. The molecule has 1 saturated heterocycles. The van der Waals surface area contributed by atoms with Gasteiger partial charge in [-0.3, -0.25) is 14.5 Å². The maximum atomic E-state index is 12.4. The van der Waals surface area contributed by atoms with Crippen LogP contribution in [0.2, 0.25) is 0 Å². The van der Waals surface area contributed by atoms with Crippen molar-refractivity contribution in [1.82, 2.24) is 4.90 Å². The molecule has 2 amide bonds. The van der Waals surface area contributed by atoms with E-state index in [-0.39, 0.29) is 11.1 Å². The number of amides is 2. The van der Waals surface area contributed by atoms with Crippen LogP contribution in [-0.4, -0.2) is 35.8 Å². The molecular formula is C18H23NO4S. The van der Waals surface area contributed by atoms with Gasteiger partial charge in [-0.15, -0.1) is 0 Å². The molecule has 1 aromatic carbocycles. The van der Waals surface area contributed by atoms with Gasteiger partial charge in [0.15, 0.2) is 0 Å². The van der Waals surface area contributed by atoms with E-state index in [1.807, 2.05) is 32.9 Å². The molecule has 1 fully saturated rings. The quantitative estimate of drug-likeness (QED) is 0.654. The molecule has 6 heteroatoms. The zero-order valence-electron chi connectivity index (χ0n) is 14.3. The van der Waals surface area contributed by atoms with Crippen LogP contribution in [-0.2, 0) is 4.79 Å². The molecule has 0 atom stereocenters. The average molecular weight is 349 g/mol. The van der Waals surface area contributed by atoms with E-state index in [2.05, 4.69) is 0 Å². The predicted molar refractivity (Wildman–Crippen MR) is 96.4 cm³/mol. The van der Waals surface area contributed by atoms with Crippen molar-refractivity contribution in [2.45, 2.75) is 33.6 Å². The van der Waals surface area contributed by atoms with Crippen LogP contribution in [0.1, 0.15) is 39.2 Å². The number of thioether (sulfide) groups is 1. The topological polar surface area (TPSA) is 55.8 Å². The summed E-state index contributed by atoms with van der Waals surface area (Å²) >= 11 is 0.980. The second-order valence-corrected chi connectivity index (χ2v) is 6.25. The Bertz CT molecular complexity index is 642. The summed E-state index contributed by atoms with van der Waals surface area (Å²) < 4.78 is 11.1. The van der Waals surface area contributed by atoms with Gasteiger partial charge in [-0.05, 0) is 50.2 Å². The summed E-state index contributed by atoms with van der Waals surface area (Å²) in [5, 5.41) is -0.205. The molecule has 0 aliphatic carbocycles. The summed E-state index contributed by atoms with van der Waals surface area (Å²) in [5.74, 6) is 1.13. The van der Waals surface area contributed by atoms with Gasteiger partial charge in [0, 0.05) is 18.2 Å². The van der Waals surface area contributed by atoms with Crippen LogP contribution >= 0.6 is 11.8 Å². The molecule has 0 unspecified atom stereocenters. The van der Waals surface area contributed by atoms with Crippen molar-refractivity contribution >= 4 is 29.0 Å². The molecule has 0 bridgehead atoms. The fourth-order valence-corrected chi connectivity index (χ4v) is 3.18. The molecule has 0 aromatic heterocycles. The van der Waals surface area contributed by atoms with Crippen molar-refractivity contribution in [2.24, 2.45) is 0 Å². The van der Waals surface area contributed by atoms with Crippen molar-refractivity contribution in [3.8, 4) is 11.5 Å². The van der Waals surface area contributed by atoms with Crippen LogP contribution in [0.3, 0.4) is 0 Å². The highest BCUT2D eigenvalue weighted by Gasteiger charge is 2.34. The third-order valence-electron chi connectivity index (χ3n) is 3.49. The molecule has 1 aromatic rings. The van der Waals surface area contributed by atoms with Gasteiger partial charge in [-0.1, -0.05) is 13.3 Å². The van der Waals surface area contributed by atoms with E-state index in [0.717, 1.165) is 30.2 Å². The number of hydrogen-bond donors (Lipinski definition) is 0. The lowest BCUT2D eigenvalue weighted by molar-refractivity contribution is -0.122. The van der Waals surface area contributed by atoms with E-state index in [9.17, 15) is 9.59 Å². The lowest BCUT2D eigenvalue weighted by Crippen LogP contribution is -2.29. The van der Waals surface area contributed by atoms with Gasteiger partial charge < -0.3 is 9.47 Å². The first kappa shape index (κ1) is 18.4. The Kier molecular flexibility index (Phi) is 6.73. The molecule has 130 valence electrons. The summed E-state index contributed by atoms with van der Waals surface area (Å²) in [7, 11) is 0. The number of imide groups is 1. The molecule has 0 saturated carbocycles. The van der Waals surface area contributed by atoms with Gasteiger partial charge >= 0.3 is 0 Å². The lowest BCUT2D eigenvalue weighted by Gasteiger charge is -2.11. The van der Waals surface area contributed by atoms with Crippen LogP contribution in [0.25, 0.3) is 6.08 Å². The first-order valence-electron chi connectivity index (χ1n) is 8.25. The summed E-state index contributed by atoms with van der Waals surface area (Å²) in [5.41, 5.74) is 0.765. The van der Waals surface area contributed by atoms with Gasteiger partial charge in [0.05, 0.1) is 18.1 Å². The highest BCUT2D eigenvalue weighted by atomic mass is 32.2. The summed E-state index contributed by atoms with van der Waals surface area (Å²) in [4.78, 5) is 26.2. The second kappa shape index (κ2) is 8.78. The first-order chi connectivity index (χ1) is 11.6. The highest BCUT2D eigenvalue weighted by Crippen LogP contribution is 2.35. The van der Waals surface area contributed by atoms with Crippen molar-refractivity contribution < 1.29 is 19.1 Å². The van der Waals surface area contributed by atoms with Crippen molar-refractivity contribution in [2.75, 3.05) is 19.8 Å². The summed E-state index contributed by atoms with van der Waals surface area (Å²) in [6.07, 6.45) is 3.48. The number of carbonyl (C=O) groups excluding carboxylic acids is 2. The Morgan fingerprint density at radius 3 is 2.54 bits per heavy atom. The van der Waals surface area contributed by atoms with Gasteiger partial charge in [0.1, 0.15) is 11.5 Å². The largest absolute Gasteiger partial charge is 0.494 e. The number of unbranched alkanes of at least 4 members (excludes halogenated alkanes) is 1. The lowest BCUT2D eigenvalue weighted by atomic mass is 10.1. The maximum absolute atomic E-state index is 12.4. The van der Waals surface area contributed by atoms with Crippen LogP contribution in [0.4, 0.5) is 4.79 Å². The Morgan fingerprint density at radius 1 is 1.12 bits per heavy atom. The molecule has 1 aliphatic rings. The third-order valence-corrected chi connectivity index (χ3v) is 4.40. The van der Waals surface area contributed by atoms with E-state index >= 15 is 0 Å². The Morgan fingerprint density at radius 2 is 1.88 bits per heavy atom. The molecule has 0 spiro atoms. The molecule has 0 radical (unpaired) electrons. The number of rotatable bonds is 8. The minimum absolute atomic E-state index is 0.205. The molecule has 0 N–H and O–H groups in total. The average Bonchev–Trinajstić information content (AvgIpc) is 2.82. The predicted octanol–water partition coefficient (Wildman–Crippen LogP) is 4.32. The van der Waals surface area contributed by atoms with Crippen molar-refractivity contribution in [1.29, 1.82) is 0 Å².